The van der Waals surface area contributed by atoms with Gasteiger partial charge in [0.15, 0.2) is 0 Å². The van der Waals surface area contributed by atoms with Crippen molar-refractivity contribution in [2.24, 2.45) is 0 Å². The third-order valence-corrected chi connectivity index (χ3v) is 7.21. The number of hydrogen-bond donors (Lipinski definition) is 0. The number of benzene rings is 4. The van der Waals surface area contributed by atoms with Crippen molar-refractivity contribution in [2.75, 3.05) is 0 Å². The van der Waals surface area contributed by atoms with Crippen LogP contribution in [0.25, 0.3) is 41.7 Å². The molecule has 0 fully saturated rings. The third kappa shape index (κ3) is 3.08. The first-order chi connectivity index (χ1) is 13.8. The largest absolute Gasteiger partial charge is 0.135 e. The minimum atomic E-state index is 1.20. The molecule has 1 heterocycles. The monoisotopic (exact) mass is 382 g/mol. The van der Waals surface area contributed by atoms with Gasteiger partial charge in [-0.15, -0.1) is 11.3 Å². The Morgan fingerprint density at radius 2 is 1.39 bits per heavy atom. The lowest BCUT2D eigenvalue weighted by Crippen LogP contribution is -1.87. The van der Waals surface area contributed by atoms with Crippen molar-refractivity contribution in [3.63, 3.8) is 0 Å². The summed E-state index contributed by atoms with van der Waals surface area (Å²) >= 11 is 1.92. The van der Waals surface area contributed by atoms with Gasteiger partial charge in [-0.05, 0) is 40.6 Å². The molecule has 0 unspecified atom stereocenters. The van der Waals surface area contributed by atoms with Crippen molar-refractivity contribution in [3.05, 3.63) is 72.3 Å². The fraction of sp³-hybridized carbons (Fsp3) is 0.259. The number of rotatable bonds is 6. The molecule has 0 aliphatic carbocycles. The van der Waals surface area contributed by atoms with Gasteiger partial charge in [0.1, 0.15) is 0 Å². The highest BCUT2D eigenvalue weighted by Crippen LogP contribution is 2.40. The van der Waals surface area contributed by atoms with Crippen molar-refractivity contribution in [1.29, 1.82) is 0 Å². The molecular weight excluding hydrogens is 356 g/mol. The average molecular weight is 383 g/mol. The lowest BCUT2D eigenvalue weighted by Gasteiger charge is -2.08. The van der Waals surface area contributed by atoms with Crippen molar-refractivity contribution in [3.8, 4) is 0 Å². The molecule has 1 aromatic heterocycles. The van der Waals surface area contributed by atoms with E-state index >= 15 is 0 Å². The van der Waals surface area contributed by atoms with E-state index in [1.807, 2.05) is 11.3 Å². The van der Waals surface area contributed by atoms with E-state index in [-0.39, 0.29) is 0 Å². The van der Waals surface area contributed by atoms with E-state index < -0.39 is 0 Å². The van der Waals surface area contributed by atoms with Crippen LogP contribution < -0.4 is 0 Å². The van der Waals surface area contributed by atoms with Crippen LogP contribution in [0.15, 0.2) is 66.7 Å². The van der Waals surface area contributed by atoms with Gasteiger partial charge in [0.05, 0.1) is 0 Å². The van der Waals surface area contributed by atoms with Gasteiger partial charge >= 0.3 is 0 Å². The molecule has 1 heteroatoms. The van der Waals surface area contributed by atoms with Crippen molar-refractivity contribution in [1.82, 2.24) is 0 Å². The molecule has 0 aliphatic rings. The molecule has 0 N–H and O–H groups in total. The fourth-order valence-corrected chi connectivity index (χ4v) is 5.70. The summed E-state index contributed by atoms with van der Waals surface area (Å²) in [6.07, 6.45) is 7.92. The third-order valence-electron chi connectivity index (χ3n) is 5.99. The quantitative estimate of drug-likeness (QED) is 0.203. The molecule has 0 radical (unpaired) electrons. The maximum absolute atomic E-state index is 2.41. The second-order valence-electron chi connectivity index (χ2n) is 7.92. The van der Waals surface area contributed by atoms with E-state index in [2.05, 4.69) is 73.7 Å². The number of thiophene rings is 1. The number of unbranched alkanes of at least 4 members (excludes halogenated alkanes) is 4. The topological polar surface area (TPSA) is 0 Å². The highest BCUT2D eigenvalue weighted by molar-refractivity contribution is 7.26. The maximum Gasteiger partial charge on any atom is 0.0434 e. The number of hydrogen-bond acceptors (Lipinski definition) is 1. The average Bonchev–Trinajstić information content (AvgIpc) is 3.12. The van der Waals surface area contributed by atoms with E-state index in [1.165, 1.54) is 85.8 Å². The zero-order valence-electron chi connectivity index (χ0n) is 16.5. The van der Waals surface area contributed by atoms with Crippen LogP contribution in [0.5, 0.6) is 0 Å². The molecule has 0 bridgehead atoms. The molecule has 0 amide bonds. The Hall–Kier alpha value is -2.38. The van der Waals surface area contributed by atoms with E-state index in [4.69, 9.17) is 0 Å². The lowest BCUT2D eigenvalue weighted by molar-refractivity contribution is 0.632. The molecule has 28 heavy (non-hydrogen) atoms. The summed E-state index contributed by atoms with van der Waals surface area (Å²) in [7, 11) is 0. The Balaban J connectivity index is 1.55. The predicted molar refractivity (Wildman–Crippen MR) is 127 cm³/mol. The molecule has 0 saturated carbocycles. The SMILES string of the molecule is CCCCCCCc1ccc2c(ccc3c2ccc2c4ccccc4sc23)c1. The Bertz CT molecular complexity index is 1280. The van der Waals surface area contributed by atoms with Gasteiger partial charge in [0.2, 0.25) is 0 Å². The summed E-state index contributed by atoms with van der Waals surface area (Å²) in [5, 5.41) is 8.29. The van der Waals surface area contributed by atoms with Gasteiger partial charge in [0.25, 0.3) is 0 Å². The van der Waals surface area contributed by atoms with Crippen LogP contribution in [0.1, 0.15) is 44.6 Å². The van der Waals surface area contributed by atoms with Crippen LogP contribution in [0, 0.1) is 0 Å². The maximum atomic E-state index is 2.41. The van der Waals surface area contributed by atoms with Gasteiger partial charge in [0, 0.05) is 25.6 Å². The zero-order valence-corrected chi connectivity index (χ0v) is 17.3. The van der Waals surface area contributed by atoms with Crippen LogP contribution in [-0.2, 0) is 6.42 Å². The van der Waals surface area contributed by atoms with Gasteiger partial charge in [-0.3, -0.25) is 0 Å². The van der Waals surface area contributed by atoms with Gasteiger partial charge in [-0.25, -0.2) is 0 Å². The predicted octanol–water partition coefficient (Wildman–Crippen LogP) is 8.87. The van der Waals surface area contributed by atoms with Crippen LogP contribution in [0.4, 0.5) is 0 Å². The minimum Gasteiger partial charge on any atom is -0.135 e. The summed E-state index contributed by atoms with van der Waals surface area (Å²) < 4.78 is 2.80. The number of fused-ring (bicyclic) bond motifs is 7. The summed E-state index contributed by atoms with van der Waals surface area (Å²) in [5.41, 5.74) is 1.48. The normalized spacial score (nSPS) is 11.9. The summed E-state index contributed by atoms with van der Waals surface area (Å²) in [6, 6.07) is 25.2. The molecule has 0 aliphatic heterocycles. The van der Waals surface area contributed by atoms with Crippen molar-refractivity contribution >= 4 is 53.1 Å². The Morgan fingerprint density at radius 1 is 0.643 bits per heavy atom. The van der Waals surface area contributed by atoms with E-state index in [1.54, 1.807) is 0 Å². The minimum absolute atomic E-state index is 1.20. The second-order valence-corrected chi connectivity index (χ2v) is 8.97. The Labute approximate surface area is 170 Å². The van der Waals surface area contributed by atoms with Crippen molar-refractivity contribution < 1.29 is 0 Å². The number of aryl methyl sites for hydroxylation is 1. The summed E-state index contributed by atoms with van der Waals surface area (Å²) in [4.78, 5) is 0. The molecule has 5 rings (SSSR count). The van der Waals surface area contributed by atoms with Gasteiger partial charge in [-0.2, -0.15) is 0 Å². The Morgan fingerprint density at radius 3 is 2.32 bits per heavy atom. The van der Waals surface area contributed by atoms with E-state index in [0.717, 1.165) is 0 Å². The van der Waals surface area contributed by atoms with Crippen molar-refractivity contribution in [2.45, 2.75) is 45.4 Å². The van der Waals surface area contributed by atoms with Crippen LogP contribution in [0.3, 0.4) is 0 Å². The first-order valence-electron chi connectivity index (χ1n) is 10.6. The smallest absolute Gasteiger partial charge is 0.0434 e. The zero-order chi connectivity index (χ0) is 18.9. The van der Waals surface area contributed by atoms with Crippen LogP contribution in [-0.4, -0.2) is 0 Å². The van der Waals surface area contributed by atoms with Crippen LogP contribution in [0.2, 0.25) is 0 Å². The van der Waals surface area contributed by atoms with E-state index in [0.29, 0.717) is 0 Å². The molecule has 140 valence electrons. The Kier molecular flexibility index (Phi) is 4.78. The molecule has 0 saturated heterocycles. The molecule has 5 aromatic rings. The molecule has 0 spiro atoms. The molecule has 0 atom stereocenters. The highest BCUT2D eigenvalue weighted by atomic mass is 32.1. The lowest BCUT2D eigenvalue weighted by atomic mass is 9.97. The first kappa shape index (κ1) is 17.7. The molecule has 0 nitrogen and oxygen atoms in total. The van der Waals surface area contributed by atoms with Gasteiger partial charge < -0.3 is 0 Å². The standard InChI is InChI=1S/C27H26S/c1-2-3-4-5-6-9-19-12-14-21-20(18-19)13-15-24-22(21)16-17-25-23-10-7-8-11-26(23)28-27(24)25/h7-8,10-18H,2-6,9H2,1H3. The molecular formula is C27H26S. The van der Waals surface area contributed by atoms with Gasteiger partial charge in [-0.1, -0.05) is 93.3 Å². The first-order valence-corrected chi connectivity index (χ1v) is 11.4. The highest BCUT2D eigenvalue weighted by Gasteiger charge is 2.10. The fourth-order valence-electron chi connectivity index (χ4n) is 4.47. The summed E-state index contributed by atoms with van der Waals surface area (Å²) in [5.74, 6) is 0. The van der Waals surface area contributed by atoms with E-state index in [9.17, 15) is 0 Å². The molecule has 4 aromatic carbocycles. The van der Waals surface area contributed by atoms with Crippen LogP contribution >= 0.6 is 11.3 Å². The second kappa shape index (κ2) is 7.56. The summed E-state index contributed by atoms with van der Waals surface area (Å²) in [6.45, 7) is 2.28.